The van der Waals surface area contributed by atoms with E-state index in [4.69, 9.17) is 10.8 Å². The van der Waals surface area contributed by atoms with E-state index in [2.05, 4.69) is 17.8 Å². The molecule has 0 aliphatic heterocycles. The fourth-order valence-electron chi connectivity index (χ4n) is 5.28. The summed E-state index contributed by atoms with van der Waals surface area (Å²) in [5.41, 5.74) is 8.52. The standard InChI is InChI=1S/C15H23N3/c1-10-14(8-16)9-18(17-10)15-5-11-2-12(6-15)4-13(3-11)7-15/h9,11-13H,2-8,16H2,1H3. The van der Waals surface area contributed by atoms with Gasteiger partial charge in [-0.15, -0.1) is 0 Å². The number of nitrogens with two attached hydrogens (primary N) is 1. The molecule has 0 atom stereocenters. The Hall–Kier alpha value is -0.830. The summed E-state index contributed by atoms with van der Waals surface area (Å²) in [4.78, 5) is 0. The summed E-state index contributed by atoms with van der Waals surface area (Å²) in [6, 6.07) is 0. The zero-order chi connectivity index (χ0) is 12.3. The number of hydrogen-bond donors (Lipinski definition) is 1. The van der Waals surface area contributed by atoms with Gasteiger partial charge in [0.05, 0.1) is 11.2 Å². The van der Waals surface area contributed by atoms with E-state index in [-0.39, 0.29) is 0 Å². The molecule has 1 aromatic rings. The predicted molar refractivity (Wildman–Crippen MR) is 71.0 cm³/mol. The molecule has 0 saturated heterocycles. The monoisotopic (exact) mass is 245 g/mol. The summed E-state index contributed by atoms with van der Waals surface area (Å²) >= 11 is 0. The number of aryl methyl sites for hydroxylation is 1. The highest BCUT2D eigenvalue weighted by molar-refractivity contribution is 5.17. The minimum Gasteiger partial charge on any atom is -0.326 e. The number of aromatic nitrogens is 2. The van der Waals surface area contributed by atoms with Crippen LogP contribution in [0.5, 0.6) is 0 Å². The first-order valence-electron chi connectivity index (χ1n) is 7.44. The van der Waals surface area contributed by atoms with Crippen LogP contribution in [0.3, 0.4) is 0 Å². The average molecular weight is 245 g/mol. The Bertz CT molecular complexity index is 439. The highest BCUT2D eigenvalue weighted by Crippen LogP contribution is 2.58. The van der Waals surface area contributed by atoms with Crippen molar-refractivity contribution in [3.05, 3.63) is 17.5 Å². The average Bonchev–Trinajstić information content (AvgIpc) is 2.69. The Balaban J connectivity index is 1.74. The maximum absolute atomic E-state index is 5.80. The molecule has 0 radical (unpaired) electrons. The maximum atomic E-state index is 5.80. The lowest BCUT2D eigenvalue weighted by Crippen LogP contribution is -2.52. The fraction of sp³-hybridized carbons (Fsp3) is 0.800. The summed E-state index contributed by atoms with van der Waals surface area (Å²) in [6.07, 6.45) is 10.8. The second kappa shape index (κ2) is 3.60. The van der Waals surface area contributed by atoms with E-state index in [0.29, 0.717) is 12.1 Å². The first kappa shape index (κ1) is 11.0. The van der Waals surface area contributed by atoms with Gasteiger partial charge in [-0.25, -0.2) is 0 Å². The van der Waals surface area contributed by atoms with Gasteiger partial charge in [-0.05, 0) is 63.2 Å². The number of hydrogen-bond acceptors (Lipinski definition) is 2. The van der Waals surface area contributed by atoms with E-state index in [0.717, 1.165) is 23.4 Å². The Morgan fingerprint density at radius 2 is 1.78 bits per heavy atom. The van der Waals surface area contributed by atoms with Gasteiger partial charge in [0.15, 0.2) is 0 Å². The van der Waals surface area contributed by atoms with E-state index in [9.17, 15) is 0 Å². The molecular weight excluding hydrogens is 222 g/mol. The van der Waals surface area contributed by atoms with Gasteiger partial charge in [0.2, 0.25) is 0 Å². The normalized spacial score (nSPS) is 41.6. The lowest BCUT2D eigenvalue weighted by atomic mass is 9.53. The van der Waals surface area contributed by atoms with Crippen LogP contribution < -0.4 is 5.73 Å². The van der Waals surface area contributed by atoms with Crippen LogP contribution in [-0.2, 0) is 12.1 Å². The molecule has 4 aliphatic rings. The van der Waals surface area contributed by atoms with Gasteiger partial charge in [-0.3, -0.25) is 4.68 Å². The minimum atomic E-state index is 0.354. The SMILES string of the molecule is Cc1nn(C23CC4CC(CC(C4)C2)C3)cc1CN. The van der Waals surface area contributed by atoms with Gasteiger partial charge >= 0.3 is 0 Å². The van der Waals surface area contributed by atoms with Crippen LogP contribution in [0.1, 0.15) is 49.8 Å². The summed E-state index contributed by atoms with van der Waals surface area (Å²) in [5.74, 6) is 2.92. The Labute approximate surface area is 109 Å². The molecule has 1 heterocycles. The molecular formula is C15H23N3. The first-order chi connectivity index (χ1) is 8.68. The van der Waals surface area contributed by atoms with Gasteiger partial charge in [-0.1, -0.05) is 0 Å². The number of rotatable bonds is 2. The van der Waals surface area contributed by atoms with Crippen LogP contribution >= 0.6 is 0 Å². The minimum absolute atomic E-state index is 0.354. The largest absolute Gasteiger partial charge is 0.326 e. The lowest BCUT2D eigenvalue weighted by molar-refractivity contribution is -0.0495. The Morgan fingerprint density at radius 1 is 1.22 bits per heavy atom. The second-order valence-electron chi connectivity index (χ2n) is 7.03. The molecule has 2 N–H and O–H groups in total. The first-order valence-corrected chi connectivity index (χ1v) is 7.44. The van der Waals surface area contributed by atoms with Crippen LogP contribution in [-0.4, -0.2) is 9.78 Å². The van der Waals surface area contributed by atoms with Crippen molar-refractivity contribution < 1.29 is 0 Å². The van der Waals surface area contributed by atoms with Crippen LogP contribution in [0.15, 0.2) is 6.20 Å². The highest BCUT2D eigenvalue weighted by Gasteiger charge is 2.52. The van der Waals surface area contributed by atoms with Gasteiger partial charge in [0, 0.05) is 18.3 Å². The highest BCUT2D eigenvalue weighted by atomic mass is 15.3. The smallest absolute Gasteiger partial charge is 0.0638 e. The third kappa shape index (κ3) is 1.43. The summed E-state index contributed by atoms with van der Waals surface area (Å²) < 4.78 is 2.31. The van der Waals surface area contributed by atoms with Crippen molar-refractivity contribution in [3.8, 4) is 0 Å². The summed E-state index contributed by atoms with van der Waals surface area (Å²) in [7, 11) is 0. The zero-order valence-electron chi connectivity index (χ0n) is 11.2. The molecule has 4 fully saturated rings. The van der Waals surface area contributed by atoms with E-state index >= 15 is 0 Å². The molecule has 0 amide bonds. The summed E-state index contributed by atoms with van der Waals surface area (Å²) in [6.45, 7) is 2.72. The summed E-state index contributed by atoms with van der Waals surface area (Å²) in [5, 5.41) is 4.81. The van der Waals surface area contributed by atoms with Gasteiger partial charge in [-0.2, -0.15) is 5.10 Å². The van der Waals surface area contributed by atoms with E-state index in [1.165, 1.54) is 44.1 Å². The molecule has 4 bridgehead atoms. The molecule has 98 valence electrons. The third-order valence-electron chi connectivity index (χ3n) is 5.71. The van der Waals surface area contributed by atoms with E-state index < -0.39 is 0 Å². The molecule has 0 aromatic carbocycles. The topological polar surface area (TPSA) is 43.8 Å². The van der Waals surface area contributed by atoms with Crippen molar-refractivity contribution in [2.24, 2.45) is 23.5 Å². The van der Waals surface area contributed by atoms with Gasteiger partial charge < -0.3 is 5.73 Å². The van der Waals surface area contributed by atoms with Crippen LogP contribution in [0.25, 0.3) is 0 Å². The van der Waals surface area contributed by atoms with Crippen molar-refractivity contribution >= 4 is 0 Å². The molecule has 4 saturated carbocycles. The fourth-order valence-corrected chi connectivity index (χ4v) is 5.28. The third-order valence-corrected chi connectivity index (χ3v) is 5.71. The van der Waals surface area contributed by atoms with Gasteiger partial charge in [0.1, 0.15) is 0 Å². The molecule has 3 nitrogen and oxygen atoms in total. The van der Waals surface area contributed by atoms with E-state index in [1.807, 2.05) is 0 Å². The molecule has 18 heavy (non-hydrogen) atoms. The van der Waals surface area contributed by atoms with Crippen molar-refractivity contribution in [2.45, 2.75) is 57.5 Å². The number of nitrogens with zero attached hydrogens (tertiary/aromatic N) is 2. The molecule has 0 spiro atoms. The Morgan fingerprint density at radius 3 is 2.22 bits per heavy atom. The molecule has 0 unspecified atom stereocenters. The van der Waals surface area contributed by atoms with Gasteiger partial charge in [0.25, 0.3) is 0 Å². The predicted octanol–water partition coefficient (Wildman–Crippen LogP) is 2.58. The van der Waals surface area contributed by atoms with Crippen molar-refractivity contribution in [1.29, 1.82) is 0 Å². The molecule has 4 aliphatic carbocycles. The van der Waals surface area contributed by atoms with Crippen LogP contribution in [0, 0.1) is 24.7 Å². The zero-order valence-corrected chi connectivity index (χ0v) is 11.2. The van der Waals surface area contributed by atoms with Crippen molar-refractivity contribution in [3.63, 3.8) is 0 Å². The van der Waals surface area contributed by atoms with Crippen LogP contribution in [0.2, 0.25) is 0 Å². The molecule has 1 aromatic heterocycles. The van der Waals surface area contributed by atoms with Crippen molar-refractivity contribution in [2.75, 3.05) is 0 Å². The quantitative estimate of drug-likeness (QED) is 0.870. The molecule has 5 rings (SSSR count). The van der Waals surface area contributed by atoms with Crippen LogP contribution in [0.4, 0.5) is 0 Å². The second-order valence-corrected chi connectivity index (χ2v) is 7.03. The van der Waals surface area contributed by atoms with E-state index in [1.54, 1.807) is 0 Å². The maximum Gasteiger partial charge on any atom is 0.0638 e. The lowest BCUT2D eigenvalue weighted by Gasteiger charge is -2.56. The molecule has 3 heteroatoms. The van der Waals surface area contributed by atoms with Crippen molar-refractivity contribution in [1.82, 2.24) is 9.78 Å². The Kier molecular flexibility index (Phi) is 2.20.